The number of carbonyl (C=O) groups is 1. The van der Waals surface area contributed by atoms with Gasteiger partial charge in [-0.1, -0.05) is 30.7 Å². The smallest absolute Gasteiger partial charge is 0.318 e. The normalized spacial score (nSPS) is 14.3. The van der Waals surface area contributed by atoms with Gasteiger partial charge >= 0.3 is 6.03 Å². The quantitative estimate of drug-likeness (QED) is 0.815. The second kappa shape index (κ2) is 8.53. The lowest BCUT2D eigenvalue weighted by Gasteiger charge is -2.31. The highest BCUT2D eigenvalue weighted by atomic mass is 35.5. The van der Waals surface area contributed by atoms with Crippen molar-refractivity contribution in [3.63, 3.8) is 0 Å². The first kappa shape index (κ1) is 19.4. The fourth-order valence-electron chi connectivity index (χ4n) is 3.41. The molecule has 1 unspecified atom stereocenters. The second-order valence-corrected chi connectivity index (χ2v) is 7.05. The predicted molar refractivity (Wildman–Crippen MR) is 107 cm³/mol. The Hall–Kier alpha value is -2.40. The third-order valence-electron chi connectivity index (χ3n) is 4.98. The van der Waals surface area contributed by atoms with Crippen LogP contribution in [0.4, 0.5) is 4.79 Å². The van der Waals surface area contributed by atoms with Crippen LogP contribution in [0, 0.1) is 0 Å². The second-order valence-electron chi connectivity index (χ2n) is 6.61. The van der Waals surface area contributed by atoms with Crippen molar-refractivity contribution in [1.29, 1.82) is 0 Å². The van der Waals surface area contributed by atoms with E-state index in [1.54, 1.807) is 14.2 Å². The zero-order valence-corrected chi connectivity index (χ0v) is 16.7. The van der Waals surface area contributed by atoms with Gasteiger partial charge in [0.1, 0.15) is 0 Å². The first-order valence-corrected chi connectivity index (χ1v) is 9.48. The van der Waals surface area contributed by atoms with Crippen LogP contribution in [0.15, 0.2) is 36.4 Å². The molecule has 144 valence electrons. The van der Waals surface area contributed by atoms with E-state index in [1.807, 2.05) is 41.3 Å². The van der Waals surface area contributed by atoms with Gasteiger partial charge in [0.25, 0.3) is 0 Å². The van der Waals surface area contributed by atoms with Crippen molar-refractivity contribution in [2.45, 2.75) is 32.4 Å². The number of amides is 2. The minimum Gasteiger partial charge on any atom is -0.493 e. The average Bonchev–Trinajstić information content (AvgIpc) is 2.71. The predicted octanol–water partition coefficient (Wildman–Crippen LogP) is 4.58. The van der Waals surface area contributed by atoms with Gasteiger partial charge in [-0.15, -0.1) is 0 Å². The van der Waals surface area contributed by atoms with Crippen molar-refractivity contribution in [3.8, 4) is 11.5 Å². The number of halogens is 1. The van der Waals surface area contributed by atoms with Crippen molar-refractivity contribution in [3.05, 3.63) is 58.1 Å². The summed E-state index contributed by atoms with van der Waals surface area (Å²) in [6, 6.07) is 11.5. The molecule has 2 aromatic rings. The Morgan fingerprint density at radius 1 is 1.15 bits per heavy atom. The number of nitrogens with one attached hydrogen (secondary N) is 1. The Kier molecular flexibility index (Phi) is 6.11. The molecule has 0 radical (unpaired) electrons. The summed E-state index contributed by atoms with van der Waals surface area (Å²) in [7, 11) is 3.25. The van der Waals surface area contributed by atoms with Gasteiger partial charge in [-0.3, -0.25) is 0 Å². The lowest BCUT2D eigenvalue weighted by molar-refractivity contribution is 0.187. The van der Waals surface area contributed by atoms with Crippen molar-refractivity contribution in [1.82, 2.24) is 10.2 Å². The molecule has 0 saturated carbocycles. The maximum Gasteiger partial charge on any atom is 0.318 e. The molecular formula is C21H25ClN2O3. The Labute approximate surface area is 165 Å². The summed E-state index contributed by atoms with van der Waals surface area (Å²) in [5.41, 5.74) is 3.34. The van der Waals surface area contributed by atoms with Gasteiger partial charge in [-0.2, -0.15) is 0 Å². The molecule has 1 aliphatic heterocycles. The van der Waals surface area contributed by atoms with Gasteiger partial charge in [0.2, 0.25) is 0 Å². The fraction of sp³-hybridized carbons (Fsp3) is 0.381. The van der Waals surface area contributed by atoms with Crippen LogP contribution in [-0.4, -0.2) is 31.7 Å². The molecule has 1 atom stereocenters. The highest BCUT2D eigenvalue weighted by molar-refractivity contribution is 6.30. The van der Waals surface area contributed by atoms with E-state index in [0.29, 0.717) is 23.9 Å². The summed E-state index contributed by atoms with van der Waals surface area (Å²) in [4.78, 5) is 14.7. The van der Waals surface area contributed by atoms with Crippen molar-refractivity contribution < 1.29 is 14.3 Å². The third kappa shape index (κ3) is 4.30. The molecule has 2 aromatic carbocycles. The molecule has 1 N–H and O–H groups in total. The number of hydrogen-bond donors (Lipinski definition) is 1. The molecule has 0 aliphatic carbocycles. The summed E-state index contributed by atoms with van der Waals surface area (Å²) in [6.07, 6.45) is 1.60. The molecule has 6 heteroatoms. The third-order valence-corrected chi connectivity index (χ3v) is 5.24. The summed E-state index contributed by atoms with van der Waals surface area (Å²) in [5.74, 6) is 1.41. The van der Waals surface area contributed by atoms with Gasteiger partial charge in [-0.25, -0.2) is 4.79 Å². The molecule has 1 aliphatic rings. The molecular weight excluding hydrogens is 364 g/mol. The van der Waals surface area contributed by atoms with Gasteiger partial charge < -0.3 is 19.7 Å². The Morgan fingerprint density at radius 3 is 2.37 bits per heavy atom. The van der Waals surface area contributed by atoms with Crippen LogP contribution in [0.5, 0.6) is 11.5 Å². The fourth-order valence-corrected chi connectivity index (χ4v) is 3.54. The summed E-state index contributed by atoms with van der Waals surface area (Å²) in [5, 5.41) is 3.83. The molecule has 27 heavy (non-hydrogen) atoms. The van der Waals surface area contributed by atoms with Crippen LogP contribution in [0.25, 0.3) is 0 Å². The van der Waals surface area contributed by atoms with E-state index < -0.39 is 0 Å². The minimum atomic E-state index is -0.0581. The van der Waals surface area contributed by atoms with E-state index in [4.69, 9.17) is 21.1 Å². The number of ether oxygens (including phenoxy) is 2. The van der Waals surface area contributed by atoms with E-state index in [-0.39, 0.29) is 12.1 Å². The number of carbonyl (C=O) groups excluding carboxylic acids is 1. The monoisotopic (exact) mass is 388 g/mol. The largest absolute Gasteiger partial charge is 0.493 e. The van der Waals surface area contributed by atoms with E-state index >= 15 is 0 Å². The summed E-state index contributed by atoms with van der Waals surface area (Å²) in [6.45, 7) is 3.28. The van der Waals surface area contributed by atoms with Crippen molar-refractivity contribution >= 4 is 17.6 Å². The Balaban J connectivity index is 1.72. The van der Waals surface area contributed by atoms with Gasteiger partial charge in [0.15, 0.2) is 11.5 Å². The van der Waals surface area contributed by atoms with Crippen LogP contribution < -0.4 is 14.8 Å². The van der Waals surface area contributed by atoms with Gasteiger partial charge in [0, 0.05) is 18.1 Å². The molecule has 0 fully saturated rings. The lowest BCUT2D eigenvalue weighted by Crippen LogP contribution is -2.44. The lowest BCUT2D eigenvalue weighted by atomic mass is 9.99. The molecule has 0 spiro atoms. The zero-order valence-electron chi connectivity index (χ0n) is 15.9. The van der Waals surface area contributed by atoms with Gasteiger partial charge in [0.05, 0.1) is 20.3 Å². The number of hydrogen-bond acceptors (Lipinski definition) is 3. The van der Waals surface area contributed by atoms with Crippen LogP contribution in [0.2, 0.25) is 5.02 Å². The standard InChI is InChI=1S/C21H25ClN2O3/c1-4-18(14-5-7-17(22)8-6-14)23-21(25)24-10-9-15-11-19(26-2)20(27-3)12-16(15)13-24/h5-8,11-12,18H,4,9-10,13H2,1-3H3,(H,23,25). The first-order valence-electron chi connectivity index (χ1n) is 9.10. The molecule has 1 heterocycles. The van der Waals surface area contributed by atoms with E-state index in [9.17, 15) is 4.79 Å². The molecule has 0 bridgehead atoms. The maximum absolute atomic E-state index is 12.8. The van der Waals surface area contributed by atoms with Crippen LogP contribution in [-0.2, 0) is 13.0 Å². The number of urea groups is 1. The highest BCUT2D eigenvalue weighted by Crippen LogP contribution is 2.33. The van der Waals surface area contributed by atoms with E-state index in [2.05, 4.69) is 12.2 Å². The molecule has 5 nitrogen and oxygen atoms in total. The number of methoxy groups -OCH3 is 2. The number of fused-ring (bicyclic) bond motifs is 1. The first-order chi connectivity index (χ1) is 13.0. The van der Waals surface area contributed by atoms with Crippen LogP contribution >= 0.6 is 11.6 Å². The minimum absolute atomic E-state index is 0.0402. The van der Waals surface area contributed by atoms with Gasteiger partial charge in [-0.05, 0) is 53.8 Å². The van der Waals surface area contributed by atoms with Crippen LogP contribution in [0.3, 0.4) is 0 Å². The number of benzene rings is 2. The SMILES string of the molecule is CCC(NC(=O)N1CCc2cc(OC)c(OC)cc2C1)c1ccc(Cl)cc1. The topological polar surface area (TPSA) is 50.8 Å². The summed E-state index contributed by atoms with van der Waals surface area (Å²) < 4.78 is 10.8. The van der Waals surface area contributed by atoms with Crippen molar-refractivity contribution in [2.75, 3.05) is 20.8 Å². The Morgan fingerprint density at radius 2 is 1.78 bits per heavy atom. The van der Waals surface area contributed by atoms with E-state index in [1.165, 1.54) is 5.56 Å². The maximum atomic E-state index is 12.8. The highest BCUT2D eigenvalue weighted by Gasteiger charge is 2.24. The van der Waals surface area contributed by atoms with Crippen LogP contribution in [0.1, 0.15) is 36.1 Å². The van der Waals surface area contributed by atoms with E-state index in [0.717, 1.165) is 29.7 Å². The average molecular weight is 389 g/mol. The molecule has 2 amide bonds. The molecule has 0 aromatic heterocycles. The number of nitrogens with zero attached hydrogens (tertiary/aromatic N) is 1. The summed E-state index contributed by atoms with van der Waals surface area (Å²) >= 11 is 5.97. The molecule has 3 rings (SSSR count). The molecule has 0 saturated heterocycles. The van der Waals surface area contributed by atoms with Crippen molar-refractivity contribution in [2.24, 2.45) is 0 Å². The number of rotatable bonds is 5. The zero-order chi connectivity index (χ0) is 19.4. The Bertz CT molecular complexity index is 808.